The summed E-state index contributed by atoms with van der Waals surface area (Å²) in [6.45, 7) is 0.414. The largest absolute Gasteiger partial charge is 0.493 e. The monoisotopic (exact) mass is 670 g/mol. The Morgan fingerprint density at radius 3 is 1.84 bits per heavy atom. The molecule has 0 aliphatic carbocycles. The van der Waals surface area contributed by atoms with Gasteiger partial charge in [0.15, 0.2) is 34.6 Å². The average Bonchev–Trinajstić information content (AvgIpc) is 2.95. The van der Waals surface area contributed by atoms with Crippen LogP contribution in [0.3, 0.4) is 0 Å². The molecule has 0 amide bonds. The lowest BCUT2D eigenvalue weighted by Gasteiger charge is -2.15. The summed E-state index contributed by atoms with van der Waals surface area (Å²) < 4.78 is 28.2. The number of carbonyl (C=O) groups is 2. The maximum Gasteiger partial charge on any atom is 0.203 e. The number of hydrogen-bond acceptors (Lipinski definition) is 8. The summed E-state index contributed by atoms with van der Waals surface area (Å²) >= 11 is 2.12. The van der Waals surface area contributed by atoms with E-state index < -0.39 is 0 Å². The van der Waals surface area contributed by atoms with Crippen molar-refractivity contribution in [3.63, 3.8) is 0 Å². The van der Waals surface area contributed by atoms with E-state index >= 15 is 0 Å². The van der Waals surface area contributed by atoms with Gasteiger partial charge in [-0.15, -0.1) is 0 Å². The molecule has 0 aromatic heterocycles. The molecule has 7 nitrogen and oxygen atoms in total. The molecule has 3 aromatic rings. The van der Waals surface area contributed by atoms with Gasteiger partial charge in [-0.3, -0.25) is 9.59 Å². The first-order valence-corrected chi connectivity index (χ1v) is 14.3. The van der Waals surface area contributed by atoms with Gasteiger partial charge in [0, 0.05) is 35.3 Å². The molecule has 0 saturated heterocycles. The van der Waals surface area contributed by atoms with Crippen molar-refractivity contribution in [2.75, 3.05) is 35.0 Å². The van der Waals surface area contributed by atoms with Gasteiger partial charge in [0.2, 0.25) is 5.75 Å². The molecule has 0 unspecified atom stereocenters. The van der Waals surface area contributed by atoms with Gasteiger partial charge in [0.05, 0.1) is 38.6 Å². The number of rotatable bonds is 14. The lowest BCUT2D eigenvalue weighted by atomic mass is 10.0. The first-order valence-electron chi connectivity index (χ1n) is 11.6. The first-order chi connectivity index (χ1) is 18.4. The summed E-state index contributed by atoms with van der Waals surface area (Å²) in [6.07, 6.45) is 0.716. The molecule has 0 heterocycles. The molecule has 0 spiro atoms. The lowest BCUT2D eigenvalue weighted by Crippen LogP contribution is -2.09. The zero-order chi connectivity index (χ0) is 27.7. The Labute approximate surface area is 244 Å². The molecule has 0 radical (unpaired) electrons. The number of methoxy groups -OCH3 is 4. The van der Waals surface area contributed by atoms with E-state index in [2.05, 4.69) is 22.6 Å². The number of halogens is 2. The van der Waals surface area contributed by atoms with Gasteiger partial charge >= 0.3 is 0 Å². The van der Waals surface area contributed by atoms with Crippen molar-refractivity contribution in [2.24, 2.45) is 0 Å². The third kappa shape index (κ3) is 7.27. The second kappa shape index (κ2) is 14.5. The molecule has 0 bridgehead atoms. The van der Waals surface area contributed by atoms with Gasteiger partial charge in [-0.05, 0) is 80.1 Å². The van der Waals surface area contributed by atoms with Gasteiger partial charge in [-0.1, -0.05) is 18.2 Å². The minimum Gasteiger partial charge on any atom is -0.493 e. The standard InChI is InChI=1S/C28H28ClIO7S/c1-33-23-14-18(13-20(30)27(23)37-12-11-17-7-5-6-8-26(17)38-29)21(31)9-10-22(32)19-15-24(34-2)28(36-4)25(16-19)35-3/h5-8,13-16H,9-12H2,1-4H3. The fraction of sp³-hybridized carbons (Fsp3) is 0.286. The Balaban J connectivity index is 1.68. The third-order valence-electron chi connectivity index (χ3n) is 5.79. The predicted octanol–water partition coefficient (Wildman–Crippen LogP) is 7.04. The molecule has 202 valence electrons. The quantitative estimate of drug-likeness (QED) is 0.134. The number of Topliss-reactive ketones (excluding diaryl/α,β-unsaturated/α-hetero) is 2. The second-order valence-electron chi connectivity index (χ2n) is 8.03. The highest BCUT2D eigenvalue weighted by Crippen LogP contribution is 2.39. The summed E-state index contributed by atoms with van der Waals surface area (Å²) in [5, 5.41) is 0. The number of carbonyl (C=O) groups excluding carboxylic acids is 2. The summed E-state index contributed by atoms with van der Waals surface area (Å²) in [5.74, 6) is 1.78. The van der Waals surface area contributed by atoms with E-state index in [9.17, 15) is 9.59 Å². The van der Waals surface area contributed by atoms with Crippen molar-refractivity contribution >= 4 is 55.8 Å². The zero-order valence-electron chi connectivity index (χ0n) is 21.5. The van der Waals surface area contributed by atoms with Crippen LogP contribution in [0.25, 0.3) is 0 Å². The third-order valence-corrected chi connectivity index (χ3v) is 7.66. The minimum atomic E-state index is -0.213. The number of ketones is 2. The fourth-order valence-corrected chi connectivity index (χ4v) is 5.44. The highest BCUT2D eigenvalue weighted by Gasteiger charge is 2.20. The number of hydrogen-bond donors (Lipinski definition) is 0. The van der Waals surface area contributed by atoms with Crippen molar-refractivity contribution in [1.29, 1.82) is 0 Å². The van der Waals surface area contributed by atoms with Crippen LogP contribution in [0.5, 0.6) is 28.7 Å². The highest BCUT2D eigenvalue weighted by atomic mass is 127. The van der Waals surface area contributed by atoms with Crippen LogP contribution in [0.1, 0.15) is 39.1 Å². The van der Waals surface area contributed by atoms with Gasteiger partial charge in [0.25, 0.3) is 0 Å². The summed E-state index contributed by atoms with van der Waals surface area (Å²) in [7, 11) is 13.1. The van der Waals surface area contributed by atoms with Crippen LogP contribution in [-0.2, 0) is 6.42 Å². The summed E-state index contributed by atoms with van der Waals surface area (Å²) in [5.41, 5.74) is 1.91. The van der Waals surface area contributed by atoms with Gasteiger partial charge in [0.1, 0.15) is 0 Å². The van der Waals surface area contributed by atoms with Crippen LogP contribution in [-0.4, -0.2) is 46.6 Å². The Morgan fingerprint density at radius 2 is 1.32 bits per heavy atom. The highest BCUT2D eigenvalue weighted by molar-refractivity contribution is 14.1. The van der Waals surface area contributed by atoms with Gasteiger partial charge < -0.3 is 23.7 Å². The molecule has 0 fully saturated rings. The molecule has 0 saturated carbocycles. The van der Waals surface area contributed by atoms with E-state index in [0.29, 0.717) is 52.9 Å². The maximum absolute atomic E-state index is 13.0. The van der Waals surface area contributed by atoms with Gasteiger partial charge in [-0.25, -0.2) is 0 Å². The maximum atomic E-state index is 13.0. The molecule has 3 rings (SSSR count). The van der Waals surface area contributed by atoms with E-state index in [4.69, 9.17) is 34.4 Å². The average molecular weight is 671 g/mol. The van der Waals surface area contributed by atoms with Crippen molar-refractivity contribution in [1.82, 2.24) is 0 Å². The fourth-order valence-electron chi connectivity index (χ4n) is 3.83. The van der Waals surface area contributed by atoms with Crippen molar-refractivity contribution in [2.45, 2.75) is 24.2 Å². The lowest BCUT2D eigenvalue weighted by molar-refractivity contribution is 0.0917. The molecule has 10 heteroatoms. The molecule has 0 N–H and O–H groups in total. The molecule has 0 aliphatic rings. The Kier molecular flexibility index (Phi) is 11.4. The van der Waals surface area contributed by atoms with E-state index in [0.717, 1.165) is 14.0 Å². The molecule has 0 atom stereocenters. The van der Waals surface area contributed by atoms with Crippen molar-refractivity contribution in [3.8, 4) is 28.7 Å². The van der Waals surface area contributed by atoms with Crippen molar-refractivity contribution in [3.05, 3.63) is 68.8 Å². The van der Waals surface area contributed by atoms with Crippen LogP contribution in [0.15, 0.2) is 53.4 Å². The Hall–Kier alpha value is -2.63. The summed E-state index contributed by atoms with van der Waals surface area (Å²) in [4.78, 5) is 26.9. The predicted molar refractivity (Wildman–Crippen MR) is 157 cm³/mol. The molecule has 0 aliphatic heterocycles. The smallest absolute Gasteiger partial charge is 0.203 e. The first kappa shape index (κ1) is 29.9. The van der Waals surface area contributed by atoms with Crippen LogP contribution in [0.4, 0.5) is 0 Å². The number of ether oxygens (including phenoxy) is 5. The molecular formula is C28H28ClIO7S. The van der Waals surface area contributed by atoms with E-state index in [1.54, 1.807) is 24.3 Å². The van der Waals surface area contributed by atoms with Crippen molar-refractivity contribution < 1.29 is 33.3 Å². The topological polar surface area (TPSA) is 80.3 Å². The second-order valence-corrected chi connectivity index (χ2v) is 10.3. The zero-order valence-corrected chi connectivity index (χ0v) is 25.2. The van der Waals surface area contributed by atoms with E-state index in [-0.39, 0.29) is 24.4 Å². The van der Waals surface area contributed by atoms with Crippen LogP contribution >= 0.6 is 44.2 Å². The Morgan fingerprint density at radius 1 is 0.789 bits per heavy atom. The van der Waals surface area contributed by atoms with Crippen LogP contribution in [0.2, 0.25) is 0 Å². The minimum absolute atomic E-state index is 0.0204. The SMILES string of the molecule is COc1cc(C(=O)CCC(=O)c2cc(OC)c(OC)c(OC)c2)cc(I)c1OCCc1ccccc1SCl. The molecular weight excluding hydrogens is 643 g/mol. The number of benzene rings is 3. The van der Waals surface area contributed by atoms with Crippen LogP contribution < -0.4 is 23.7 Å². The normalized spacial score (nSPS) is 10.6. The summed E-state index contributed by atoms with van der Waals surface area (Å²) in [6, 6.07) is 14.4. The molecule has 38 heavy (non-hydrogen) atoms. The van der Waals surface area contributed by atoms with Crippen LogP contribution in [0, 0.1) is 3.57 Å². The van der Waals surface area contributed by atoms with Gasteiger partial charge in [-0.2, -0.15) is 0 Å². The molecule has 3 aromatic carbocycles. The van der Waals surface area contributed by atoms with E-state index in [1.165, 1.54) is 39.4 Å². The Bertz CT molecular complexity index is 1270. The van der Waals surface area contributed by atoms with E-state index in [1.807, 2.05) is 24.3 Å².